The molecule has 1 unspecified atom stereocenters. The van der Waals surface area contributed by atoms with Crippen molar-refractivity contribution in [2.24, 2.45) is 5.92 Å². The van der Waals surface area contributed by atoms with Crippen LogP contribution >= 0.6 is 11.3 Å². The van der Waals surface area contributed by atoms with Crippen LogP contribution in [0.5, 0.6) is 0 Å². The van der Waals surface area contributed by atoms with Crippen LogP contribution in [0, 0.1) is 12.8 Å². The Morgan fingerprint density at radius 3 is 2.67 bits per heavy atom. The Morgan fingerprint density at radius 1 is 1.43 bits per heavy atom. The molecular formula is C16H23N3OS. The second-order valence-corrected chi connectivity index (χ2v) is 6.49. The molecule has 0 spiro atoms. The molecule has 0 saturated carbocycles. The van der Waals surface area contributed by atoms with E-state index in [0.29, 0.717) is 16.5 Å². The highest BCUT2D eigenvalue weighted by molar-refractivity contribution is 7.21. The molecule has 0 saturated heterocycles. The predicted octanol–water partition coefficient (Wildman–Crippen LogP) is 3.74. The second-order valence-electron chi connectivity index (χ2n) is 5.49. The number of rotatable bonds is 5. The summed E-state index contributed by atoms with van der Waals surface area (Å²) in [5.41, 5.74) is 7.77. The van der Waals surface area contributed by atoms with Crippen LogP contribution in [-0.2, 0) is 0 Å². The molecule has 0 fully saturated rings. The van der Waals surface area contributed by atoms with Crippen molar-refractivity contribution in [2.75, 3.05) is 5.73 Å². The molecule has 21 heavy (non-hydrogen) atoms. The van der Waals surface area contributed by atoms with Gasteiger partial charge >= 0.3 is 0 Å². The minimum absolute atomic E-state index is 0.0886. The minimum Gasteiger partial charge on any atom is -0.397 e. The SMILES string of the molecule is CCC(CC)C(C)NC(=O)c1sc2nccc(C)c2c1N. The van der Waals surface area contributed by atoms with E-state index >= 15 is 0 Å². The summed E-state index contributed by atoms with van der Waals surface area (Å²) in [6, 6.07) is 2.06. The number of fused-ring (bicyclic) bond motifs is 1. The van der Waals surface area contributed by atoms with E-state index in [1.807, 2.05) is 13.0 Å². The molecule has 5 heteroatoms. The number of hydrogen-bond acceptors (Lipinski definition) is 4. The number of aromatic nitrogens is 1. The van der Waals surface area contributed by atoms with Gasteiger partial charge in [-0.2, -0.15) is 0 Å². The summed E-state index contributed by atoms with van der Waals surface area (Å²) in [5.74, 6) is 0.402. The summed E-state index contributed by atoms with van der Waals surface area (Å²) in [6.07, 6.45) is 3.86. The Bertz CT molecular complexity index is 646. The standard InChI is InChI=1S/C16H23N3OS/c1-5-11(6-2)10(4)19-15(20)14-13(17)12-9(3)7-8-18-16(12)21-14/h7-8,10-11H,5-6,17H2,1-4H3,(H,19,20). The van der Waals surface area contributed by atoms with E-state index in [-0.39, 0.29) is 11.9 Å². The first kappa shape index (κ1) is 15.8. The molecule has 1 amide bonds. The van der Waals surface area contributed by atoms with Crippen molar-refractivity contribution in [3.05, 3.63) is 22.7 Å². The van der Waals surface area contributed by atoms with Crippen LogP contribution in [0.1, 0.15) is 48.8 Å². The highest BCUT2D eigenvalue weighted by Gasteiger charge is 2.22. The molecule has 2 heterocycles. The van der Waals surface area contributed by atoms with E-state index < -0.39 is 0 Å². The highest BCUT2D eigenvalue weighted by Crippen LogP contribution is 2.34. The van der Waals surface area contributed by atoms with Gasteiger partial charge in [-0.25, -0.2) is 4.98 Å². The molecule has 0 bridgehead atoms. The third-order valence-electron chi connectivity index (χ3n) is 4.16. The molecule has 0 aliphatic heterocycles. The first-order valence-electron chi connectivity index (χ1n) is 7.43. The summed E-state index contributed by atoms with van der Waals surface area (Å²) in [5, 5.41) is 3.99. The largest absolute Gasteiger partial charge is 0.397 e. The van der Waals surface area contributed by atoms with Crippen molar-refractivity contribution in [1.82, 2.24) is 10.3 Å². The number of nitrogens with one attached hydrogen (secondary N) is 1. The van der Waals surface area contributed by atoms with E-state index in [2.05, 4.69) is 31.1 Å². The van der Waals surface area contributed by atoms with Gasteiger partial charge in [-0.3, -0.25) is 4.79 Å². The number of amides is 1. The fourth-order valence-corrected chi connectivity index (χ4v) is 3.80. The van der Waals surface area contributed by atoms with Crippen LogP contribution in [0.25, 0.3) is 10.2 Å². The molecule has 2 aromatic heterocycles. The number of carbonyl (C=O) groups is 1. The molecule has 114 valence electrons. The number of nitrogens with zero attached hydrogens (tertiary/aromatic N) is 1. The summed E-state index contributed by atoms with van der Waals surface area (Å²) in [4.78, 5) is 18.2. The molecular weight excluding hydrogens is 282 g/mol. The number of anilines is 1. The normalized spacial score (nSPS) is 12.8. The zero-order chi connectivity index (χ0) is 15.6. The van der Waals surface area contributed by atoms with Gasteiger partial charge in [0.05, 0.1) is 5.69 Å². The molecule has 0 radical (unpaired) electrons. The molecule has 3 N–H and O–H groups in total. The number of thiophene rings is 1. The number of nitrogens with two attached hydrogens (primary N) is 1. The van der Waals surface area contributed by atoms with Crippen LogP contribution in [0.4, 0.5) is 5.69 Å². The number of pyridine rings is 1. The summed E-state index contributed by atoms with van der Waals surface area (Å²) >= 11 is 1.37. The van der Waals surface area contributed by atoms with Gasteiger partial charge in [0.15, 0.2) is 0 Å². The first-order valence-corrected chi connectivity index (χ1v) is 8.25. The van der Waals surface area contributed by atoms with Crippen molar-refractivity contribution in [3.8, 4) is 0 Å². The Labute approximate surface area is 129 Å². The van der Waals surface area contributed by atoms with Gasteiger partial charge in [0.1, 0.15) is 9.71 Å². The monoisotopic (exact) mass is 305 g/mol. The molecule has 0 aliphatic rings. The maximum atomic E-state index is 12.5. The third kappa shape index (κ3) is 3.02. The van der Waals surface area contributed by atoms with E-state index in [1.165, 1.54) is 11.3 Å². The first-order chi connectivity index (χ1) is 9.99. The Balaban J connectivity index is 2.28. The molecule has 0 aliphatic carbocycles. The number of hydrogen-bond donors (Lipinski definition) is 2. The molecule has 4 nitrogen and oxygen atoms in total. The Kier molecular flexibility index (Phi) is 4.83. The second kappa shape index (κ2) is 6.43. The lowest BCUT2D eigenvalue weighted by molar-refractivity contribution is 0.0930. The van der Waals surface area contributed by atoms with Gasteiger partial charge in [-0.05, 0) is 31.4 Å². The van der Waals surface area contributed by atoms with Gasteiger partial charge in [0, 0.05) is 17.6 Å². The molecule has 0 aromatic carbocycles. The molecule has 2 rings (SSSR count). The zero-order valence-corrected chi connectivity index (χ0v) is 13.9. The number of carbonyl (C=O) groups excluding carboxylic acids is 1. The minimum atomic E-state index is -0.0886. The van der Waals surface area contributed by atoms with Gasteiger partial charge in [0.2, 0.25) is 0 Å². The van der Waals surface area contributed by atoms with Crippen molar-refractivity contribution in [1.29, 1.82) is 0 Å². The van der Waals surface area contributed by atoms with Crippen molar-refractivity contribution in [3.63, 3.8) is 0 Å². The van der Waals surface area contributed by atoms with Crippen molar-refractivity contribution >= 4 is 33.1 Å². The van der Waals surface area contributed by atoms with E-state index in [9.17, 15) is 4.79 Å². The highest BCUT2D eigenvalue weighted by atomic mass is 32.1. The van der Waals surface area contributed by atoms with Gasteiger partial charge < -0.3 is 11.1 Å². The van der Waals surface area contributed by atoms with E-state index in [1.54, 1.807) is 6.20 Å². The van der Waals surface area contributed by atoms with Crippen molar-refractivity contribution in [2.45, 2.75) is 46.6 Å². The maximum absolute atomic E-state index is 12.5. The fourth-order valence-electron chi connectivity index (χ4n) is 2.76. The van der Waals surface area contributed by atoms with E-state index in [0.717, 1.165) is 28.6 Å². The van der Waals surface area contributed by atoms with Crippen molar-refractivity contribution < 1.29 is 4.79 Å². The van der Waals surface area contributed by atoms with Gasteiger partial charge in [-0.1, -0.05) is 26.7 Å². The third-order valence-corrected chi connectivity index (χ3v) is 5.27. The Morgan fingerprint density at radius 2 is 2.10 bits per heavy atom. The Hall–Kier alpha value is -1.62. The smallest absolute Gasteiger partial charge is 0.263 e. The predicted molar refractivity (Wildman–Crippen MR) is 89.8 cm³/mol. The van der Waals surface area contributed by atoms with Gasteiger partial charge in [-0.15, -0.1) is 11.3 Å². The maximum Gasteiger partial charge on any atom is 0.263 e. The summed E-state index contributed by atoms with van der Waals surface area (Å²) < 4.78 is 0. The van der Waals surface area contributed by atoms with Crippen LogP contribution in [0.15, 0.2) is 12.3 Å². The number of aryl methyl sites for hydroxylation is 1. The quantitative estimate of drug-likeness (QED) is 0.884. The number of nitrogen functional groups attached to an aromatic ring is 1. The average molecular weight is 305 g/mol. The fraction of sp³-hybridized carbons (Fsp3) is 0.500. The lowest BCUT2D eigenvalue weighted by Crippen LogP contribution is -2.37. The van der Waals surface area contributed by atoms with Crippen LogP contribution in [0.3, 0.4) is 0 Å². The zero-order valence-electron chi connectivity index (χ0n) is 13.1. The lowest BCUT2D eigenvalue weighted by Gasteiger charge is -2.22. The summed E-state index contributed by atoms with van der Waals surface area (Å²) in [7, 11) is 0. The summed E-state index contributed by atoms with van der Waals surface area (Å²) in [6.45, 7) is 8.35. The van der Waals surface area contributed by atoms with Gasteiger partial charge in [0.25, 0.3) is 5.91 Å². The average Bonchev–Trinajstić information content (AvgIpc) is 2.79. The molecule has 2 aromatic rings. The van der Waals surface area contributed by atoms with E-state index in [4.69, 9.17) is 5.73 Å². The molecule has 1 atom stereocenters. The van der Waals surface area contributed by atoms with Crippen LogP contribution in [0.2, 0.25) is 0 Å². The van der Waals surface area contributed by atoms with Crippen LogP contribution in [-0.4, -0.2) is 16.9 Å². The lowest BCUT2D eigenvalue weighted by atomic mass is 9.95. The topological polar surface area (TPSA) is 68.0 Å². The van der Waals surface area contributed by atoms with Crippen LogP contribution < -0.4 is 11.1 Å².